The van der Waals surface area contributed by atoms with Crippen molar-refractivity contribution in [3.05, 3.63) is 76.1 Å². The van der Waals surface area contributed by atoms with Crippen molar-refractivity contribution < 1.29 is 35.7 Å². The minimum atomic E-state index is -4.80. The van der Waals surface area contributed by atoms with Crippen molar-refractivity contribution >= 4 is 11.9 Å². The van der Waals surface area contributed by atoms with Crippen LogP contribution in [0.1, 0.15) is 41.9 Å². The van der Waals surface area contributed by atoms with Gasteiger partial charge in [0.2, 0.25) is 0 Å². The second-order valence-electron chi connectivity index (χ2n) is 11.0. The number of aromatic nitrogens is 2. The molecular formula is C28H28F6N6O2+. The summed E-state index contributed by atoms with van der Waals surface area (Å²) in [4.78, 5) is 14.9. The van der Waals surface area contributed by atoms with E-state index in [1.165, 1.54) is 15.7 Å². The number of alkyl halides is 6. The molecule has 1 saturated carbocycles. The molecule has 4 heterocycles. The van der Waals surface area contributed by atoms with Crippen molar-refractivity contribution in [3.8, 4) is 5.69 Å². The number of pyridine rings is 1. The van der Waals surface area contributed by atoms with Gasteiger partial charge in [0, 0.05) is 32.0 Å². The molecule has 1 saturated heterocycles. The third-order valence-electron chi connectivity index (χ3n) is 8.20. The Morgan fingerprint density at radius 1 is 1.12 bits per heavy atom. The number of rotatable bonds is 6. The van der Waals surface area contributed by atoms with Gasteiger partial charge in [0.15, 0.2) is 6.10 Å². The van der Waals surface area contributed by atoms with Crippen LogP contribution in [0.2, 0.25) is 0 Å². The normalized spacial score (nSPS) is 21.6. The van der Waals surface area contributed by atoms with Crippen LogP contribution in [0, 0.1) is 12.1 Å². The standard InChI is InChI=1S/C28H28F6N6O2/c1-37-16-35-36-25(37)24(18-4-2-5-18)19-6-3-7-20(11-19)39-14-22-21(27(29,30)31)10-17(13-40(22)26(39)41)12-38-8-9-42-23(15-38)28(32,33)34/h3,6-7,10-11,13-14,16,18,23-24H,2,4-5,8-9,12,15H2,1H3/q+1/t23-,24+/m0/s1. The van der Waals surface area contributed by atoms with E-state index in [-0.39, 0.29) is 36.7 Å². The van der Waals surface area contributed by atoms with Crippen LogP contribution in [-0.2, 0) is 17.5 Å². The van der Waals surface area contributed by atoms with E-state index in [9.17, 15) is 31.1 Å². The molecule has 1 aromatic carbocycles. The molecule has 0 spiro atoms. The Labute approximate surface area is 236 Å². The number of halogens is 6. The molecule has 2 fully saturated rings. The molecule has 14 heteroatoms. The first-order valence-electron chi connectivity index (χ1n) is 13.6. The van der Waals surface area contributed by atoms with Gasteiger partial charge in [0.05, 0.1) is 41.5 Å². The predicted molar refractivity (Wildman–Crippen MR) is 139 cm³/mol. The minimum Gasteiger partial charge on any atom is -0.366 e. The summed E-state index contributed by atoms with van der Waals surface area (Å²) >= 11 is 0. The van der Waals surface area contributed by atoms with Crippen LogP contribution in [0.15, 0.2) is 57.7 Å². The molecule has 1 radical (unpaired) electrons. The van der Waals surface area contributed by atoms with Gasteiger partial charge in [-0.2, -0.15) is 26.3 Å². The number of likely N-dealkylation sites (N-methyl/N-ethyl adjacent to an activating group) is 1. The monoisotopic (exact) mass is 594 g/mol. The first kappa shape index (κ1) is 28.6. The van der Waals surface area contributed by atoms with E-state index in [1.807, 2.05) is 17.7 Å². The molecule has 3 aliphatic rings. The maximum atomic E-state index is 14.2. The fourth-order valence-electron chi connectivity index (χ4n) is 5.89. The minimum absolute atomic E-state index is 0.0681. The lowest BCUT2D eigenvalue weighted by Crippen LogP contribution is -2.48. The van der Waals surface area contributed by atoms with Gasteiger partial charge in [-0.1, -0.05) is 18.6 Å². The largest absolute Gasteiger partial charge is 0.418 e. The van der Waals surface area contributed by atoms with Crippen molar-refractivity contribution in [2.24, 2.45) is 16.1 Å². The third kappa shape index (κ3) is 5.37. The fourth-order valence-corrected chi connectivity index (χ4v) is 5.89. The molecule has 6 rings (SSSR count). The molecule has 0 bridgehead atoms. The van der Waals surface area contributed by atoms with Gasteiger partial charge < -0.3 is 4.74 Å². The van der Waals surface area contributed by atoms with Gasteiger partial charge >= 0.3 is 30.5 Å². The van der Waals surface area contributed by atoms with Crippen molar-refractivity contribution in [2.45, 2.75) is 50.2 Å². The van der Waals surface area contributed by atoms with Gasteiger partial charge in [0.25, 0.3) is 0 Å². The Kier molecular flexibility index (Phi) is 7.24. The summed E-state index contributed by atoms with van der Waals surface area (Å²) in [5.41, 5.74) is -0.774. The molecular weight excluding hydrogens is 566 g/mol. The van der Waals surface area contributed by atoms with Crippen LogP contribution >= 0.6 is 0 Å². The second kappa shape index (κ2) is 10.6. The number of benzene rings is 1. The zero-order valence-electron chi connectivity index (χ0n) is 22.6. The summed E-state index contributed by atoms with van der Waals surface area (Å²) in [6.07, 6.45) is -3.52. The predicted octanol–water partition coefficient (Wildman–Crippen LogP) is 5.38. The summed E-state index contributed by atoms with van der Waals surface area (Å²) < 4.78 is 90.9. The first-order valence-corrected chi connectivity index (χ1v) is 13.6. The van der Waals surface area contributed by atoms with Crippen LogP contribution in [0.4, 0.5) is 26.3 Å². The van der Waals surface area contributed by atoms with Crippen LogP contribution < -0.4 is 5.69 Å². The SMILES string of the molecule is C[N+]1=CN=N[C]1[C@@H](c1cccc(-n2cc3c(C(F)(F)F)cc(CN4CCO[C@H](C(F)(F)F)C4)cn3c2=O)c1)C1CCC1. The maximum absolute atomic E-state index is 14.2. The quantitative estimate of drug-likeness (QED) is 0.284. The molecule has 2 atom stereocenters. The average Bonchev–Trinajstić information content (AvgIpc) is 3.47. The number of hydrogen-bond acceptors (Lipinski definition) is 5. The van der Waals surface area contributed by atoms with Gasteiger partial charge in [-0.25, -0.2) is 9.37 Å². The number of hydrogen-bond donors (Lipinski definition) is 0. The summed E-state index contributed by atoms with van der Waals surface area (Å²) in [7, 11) is 1.85. The Morgan fingerprint density at radius 3 is 2.55 bits per heavy atom. The van der Waals surface area contributed by atoms with E-state index in [0.717, 1.165) is 47.7 Å². The summed E-state index contributed by atoms with van der Waals surface area (Å²) in [6.45, 7) is -0.814. The lowest BCUT2D eigenvalue weighted by atomic mass is 9.71. The summed E-state index contributed by atoms with van der Waals surface area (Å²) in [5.74, 6) is 0.231. The number of imidazole rings is 1. The molecule has 2 aliphatic heterocycles. The molecule has 1 aliphatic carbocycles. The topological polar surface area (TPSA) is 66.6 Å². The van der Waals surface area contributed by atoms with Gasteiger partial charge in [-0.3, -0.25) is 13.9 Å². The second-order valence-corrected chi connectivity index (χ2v) is 11.0. The van der Waals surface area contributed by atoms with Crippen molar-refractivity contribution in [1.82, 2.24) is 13.9 Å². The third-order valence-corrected chi connectivity index (χ3v) is 8.20. The van der Waals surface area contributed by atoms with E-state index in [1.54, 1.807) is 24.5 Å². The fraction of sp³-hybridized carbons (Fsp3) is 0.464. The van der Waals surface area contributed by atoms with Gasteiger partial charge in [-0.15, -0.1) is 0 Å². The Balaban J connectivity index is 1.38. The molecule has 0 amide bonds. The zero-order chi connectivity index (χ0) is 29.8. The molecule has 0 N–H and O–H groups in total. The molecule has 0 unspecified atom stereocenters. The van der Waals surface area contributed by atoms with Crippen LogP contribution in [-0.4, -0.2) is 63.8 Å². The number of nitrogens with zero attached hydrogens (tertiary/aromatic N) is 6. The van der Waals surface area contributed by atoms with Crippen LogP contribution in [0.3, 0.4) is 0 Å². The van der Waals surface area contributed by atoms with Crippen molar-refractivity contribution in [1.29, 1.82) is 0 Å². The summed E-state index contributed by atoms with van der Waals surface area (Å²) in [5, 5.41) is 8.32. The average molecular weight is 595 g/mol. The molecule has 2 aromatic heterocycles. The lowest BCUT2D eigenvalue weighted by Gasteiger charge is -2.34. The molecule has 42 heavy (non-hydrogen) atoms. The molecule has 223 valence electrons. The van der Waals surface area contributed by atoms with Gasteiger partial charge in [-0.05, 0) is 53.2 Å². The van der Waals surface area contributed by atoms with Crippen LogP contribution in [0.5, 0.6) is 0 Å². The Hall–Kier alpha value is -3.52. The highest BCUT2D eigenvalue weighted by Gasteiger charge is 2.44. The van der Waals surface area contributed by atoms with Crippen molar-refractivity contribution in [2.75, 3.05) is 26.7 Å². The smallest absolute Gasteiger partial charge is 0.366 e. The van der Waals surface area contributed by atoms with E-state index < -0.39 is 36.3 Å². The number of azo groups is 1. The zero-order valence-corrected chi connectivity index (χ0v) is 22.6. The molecule has 8 nitrogen and oxygen atoms in total. The van der Waals surface area contributed by atoms with E-state index >= 15 is 0 Å². The van der Waals surface area contributed by atoms with Crippen LogP contribution in [0.25, 0.3) is 11.2 Å². The highest BCUT2D eigenvalue weighted by molar-refractivity contribution is 5.58. The number of fused-ring (bicyclic) bond motifs is 1. The van der Waals surface area contributed by atoms with E-state index in [2.05, 4.69) is 10.2 Å². The van der Waals surface area contributed by atoms with E-state index in [0.29, 0.717) is 11.6 Å². The van der Waals surface area contributed by atoms with Gasteiger partial charge in [0.1, 0.15) is 0 Å². The number of morpholine rings is 1. The lowest BCUT2D eigenvalue weighted by molar-refractivity contribution is -0.480. The number of ether oxygens (including phenoxy) is 1. The first-order chi connectivity index (χ1) is 19.9. The summed E-state index contributed by atoms with van der Waals surface area (Å²) in [6, 6.07) is 8.01. The maximum Gasteiger partial charge on any atom is 0.418 e. The highest BCUT2D eigenvalue weighted by atomic mass is 19.4. The highest BCUT2D eigenvalue weighted by Crippen LogP contribution is 2.46. The Morgan fingerprint density at radius 2 is 1.90 bits per heavy atom. The van der Waals surface area contributed by atoms with Crippen molar-refractivity contribution in [3.63, 3.8) is 0 Å². The molecule has 3 aromatic rings. The van der Waals surface area contributed by atoms with E-state index in [4.69, 9.17) is 4.74 Å². The Bertz CT molecular complexity index is 1600.